The molecule has 0 bridgehead atoms. The lowest BCUT2D eigenvalue weighted by molar-refractivity contribution is -0.128. The SMILES string of the molecule is CC(=O)N1CCCN(C2CN(CCS(C)(=O)=O)CC2C)CC1. The van der Waals surface area contributed by atoms with E-state index in [1.54, 1.807) is 6.92 Å². The molecule has 7 heteroatoms. The van der Waals surface area contributed by atoms with Gasteiger partial charge in [0, 0.05) is 65.0 Å². The average Bonchev–Trinajstić information content (AvgIpc) is 2.63. The first-order chi connectivity index (χ1) is 10.3. The Morgan fingerprint density at radius 1 is 1.14 bits per heavy atom. The standard InChI is InChI=1S/C15H29N3O3S/c1-13-11-16(9-10-22(3,20)21)12-15(13)18-6-4-5-17(7-8-18)14(2)19/h13,15H,4-12H2,1-3H3. The molecular weight excluding hydrogens is 302 g/mol. The maximum atomic E-state index is 11.5. The number of nitrogens with zero attached hydrogens (tertiary/aromatic N) is 3. The summed E-state index contributed by atoms with van der Waals surface area (Å²) in [5.41, 5.74) is 0. The van der Waals surface area contributed by atoms with Crippen LogP contribution in [-0.4, -0.2) is 92.9 Å². The van der Waals surface area contributed by atoms with Gasteiger partial charge < -0.3 is 9.80 Å². The van der Waals surface area contributed by atoms with Gasteiger partial charge in [0.25, 0.3) is 0 Å². The minimum Gasteiger partial charge on any atom is -0.342 e. The molecule has 2 rings (SSSR count). The van der Waals surface area contributed by atoms with Gasteiger partial charge in [-0.05, 0) is 12.3 Å². The van der Waals surface area contributed by atoms with Gasteiger partial charge in [-0.25, -0.2) is 8.42 Å². The van der Waals surface area contributed by atoms with Gasteiger partial charge in [-0.1, -0.05) is 6.92 Å². The van der Waals surface area contributed by atoms with Gasteiger partial charge in [-0.2, -0.15) is 0 Å². The first kappa shape index (κ1) is 17.7. The Labute approximate surface area is 134 Å². The molecule has 0 saturated carbocycles. The van der Waals surface area contributed by atoms with Crippen molar-refractivity contribution in [3.8, 4) is 0 Å². The van der Waals surface area contributed by atoms with Crippen LogP contribution in [0.1, 0.15) is 20.3 Å². The Hall–Kier alpha value is -0.660. The number of carbonyl (C=O) groups excluding carboxylic acids is 1. The maximum Gasteiger partial charge on any atom is 0.219 e. The molecule has 2 aliphatic heterocycles. The maximum absolute atomic E-state index is 11.5. The van der Waals surface area contributed by atoms with Crippen LogP contribution in [-0.2, 0) is 14.6 Å². The second-order valence-corrected chi connectivity index (χ2v) is 9.09. The fourth-order valence-corrected chi connectivity index (χ4v) is 4.17. The molecular formula is C15H29N3O3S. The van der Waals surface area contributed by atoms with Gasteiger partial charge in [0.05, 0.1) is 5.75 Å². The third-order valence-corrected chi connectivity index (χ3v) is 5.80. The zero-order chi connectivity index (χ0) is 16.3. The Morgan fingerprint density at radius 3 is 2.50 bits per heavy atom. The van der Waals surface area contributed by atoms with Crippen LogP contribution in [0.2, 0.25) is 0 Å². The molecule has 2 unspecified atom stereocenters. The third-order valence-electron chi connectivity index (χ3n) is 4.87. The van der Waals surface area contributed by atoms with E-state index >= 15 is 0 Å². The van der Waals surface area contributed by atoms with Crippen molar-refractivity contribution in [2.24, 2.45) is 5.92 Å². The predicted molar refractivity (Wildman–Crippen MR) is 87.5 cm³/mol. The highest BCUT2D eigenvalue weighted by Crippen LogP contribution is 2.23. The van der Waals surface area contributed by atoms with Gasteiger partial charge in [0.15, 0.2) is 0 Å². The molecule has 22 heavy (non-hydrogen) atoms. The van der Waals surface area contributed by atoms with Crippen molar-refractivity contribution in [1.29, 1.82) is 0 Å². The molecule has 0 spiro atoms. The normalized spacial score (nSPS) is 28.8. The fourth-order valence-electron chi connectivity index (χ4n) is 3.58. The van der Waals surface area contributed by atoms with Crippen molar-refractivity contribution in [3.05, 3.63) is 0 Å². The van der Waals surface area contributed by atoms with E-state index in [4.69, 9.17) is 0 Å². The predicted octanol–water partition coefficient (Wildman–Crippen LogP) is -0.0945. The lowest BCUT2D eigenvalue weighted by atomic mass is 10.0. The van der Waals surface area contributed by atoms with E-state index in [0.29, 0.717) is 18.5 Å². The minimum atomic E-state index is -2.89. The van der Waals surface area contributed by atoms with Crippen LogP contribution in [0.5, 0.6) is 0 Å². The van der Waals surface area contributed by atoms with Gasteiger partial charge in [0.2, 0.25) is 5.91 Å². The molecule has 2 heterocycles. The Kier molecular flexibility index (Phi) is 5.85. The molecule has 2 saturated heterocycles. The highest BCUT2D eigenvalue weighted by molar-refractivity contribution is 7.90. The zero-order valence-electron chi connectivity index (χ0n) is 14.0. The minimum absolute atomic E-state index is 0.163. The summed E-state index contributed by atoms with van der Waals surface area (Å²) in [4.78, 5) is 18.2. The molecule has 0 N–H and O–H groups in total. The smallest absolute Gasteiger partial charge is 0.219 e. The molecule has 1 amide bonds. The zero-order valence-corrected chi connectivity index (χ0v) is 14.8. The van der Waals surface area contributed by atoms with Crippen LogP contribution in [0.3, 0.4) is 0 Å². The van der Waals surface area contributed by atoms with E-state index in [2.05, 4.69) is 16.7 Å². The fraction of sp³-hybridized carbons (Fsp3) is 0.933. The molecule has 0 aromatic rings. The van der Waals surface area contributed by atoms with E-state index in [9.17, 15) is 13.2 Å². The number of amides is 1. The molecule has 2 aliphatic rings. The van der Waals surface area contributed by atoms with Crippen molar-refractivity contribution in [1.82, 2.24) is 14.7 Å². The summed E-state index contributed by atoms with van der Waals surface area (Å²) in [5, 5.41) is 0. The van der Waals surface area contributed by atoms with Crippen molar-refractivity contribution in [2.75, 3.05) is 57.8 Å². The number of likely N-dealkylation sites (tertiary alicyclic amines) is 1. The Morgan fingerprint density at radius 2 is 1.86 bits per heavy atom. The Bertz CT molecular complexity index is 494. The van der Waals surface area contributed by atoms with Gasteiger partial charge in [-0.3, -0.25) is 9.69 Å². The topological polar surface area (TPSA) is 60.9 Å². The largest absolute Gasteiger partial charge is 0.342 e. The van der Waals surface area contributed by atoms with E-state index < -0.39 is 9.84 Å². The van der Waals surface area contributed by atoms with Crippen LogP contribution < -0.4 is 0 Å². The van der Waals surface area contributed by atoms with E-state index in [-0.39, 0.29) is 11.7 Å². The summed E-state index contributed by atoms with van der Waals surface area (Å²) in [6, 6.07) is 0.478. The van der Waals surface area contributed by atoms with Crippen LogP contribution in [0.15, 0.2) is 0 Å². The molecule has 0 aromatic heterocycles. The summed E-state index contributed by atoms with van der Waals surface area (Å²) >= 11 is 0. The van der Waals surface area contributed by atoms with Gasteiger partial charge in [0.1, 0.15) is 9.84 Å². The average molecular weight is 331 g/mol. The Balaban J connectivity index is 1.88. The molecule has 2 fully saturated rings. The van der Waals surface area contributed by atoms with Crippen molar-refractivity contribution >= 4 is 15.7 Å². The van der Waals surface area contributed by atoms with E-state index in [1.165, 1.54) is 6.26 Å². The lowest BCUT2D eigenvalue weighted by Crippen LogP contribution is -2.43. The van der Waals surface area contributed by atoms with E-state index in [1.807, 2.05) is 4.90 Å². The summed E-state index contributed by atoms with van der Waals surface area (Å²) < 4.78 is 22.6. The lowest BCUT2D eigenvalue weighted by Gasteiger charge is -2.30. The van der Waals surface area contributed by atoms with Crippen LogP contribution in [0.4, 0.5) is 0 Å². The molecule has 0 aliphatic carbocycles. The molecule has 128 valence electrons. The number of hydrogen-bond donors (Lipinski definition) is 0. The second-order valence-electron chi connectivity index (χ2n) is 6.83. The summed E-state index contributed by atoms with van der Waals surface area (Å²) in [7, 11) is -2.89. The second kappa shape index (κ2) is 7.27. The summed E-state index contributed by atoms with van der Waals surface area (Å²) in [6.45, 7) is 10.0. The van der Waals surface area contributed by atoms with Crippen LogP contribution in [0, 0.1) is 5.92 Å². The van der Waals surface area contributed by atoms with Gasteiger partial charge >= 0.3 is 0 Å². The van der Waals surface area contributed by atoms with Crippen molar-refractivity contribution in [2.45, 2.75) is 26.3 Å². The van der Waals surface area contributed by atoms with Crippen LogP contribution >= 0.6 is 0 Å². The first-order valence-electron chi connectivity index (χ1n) is 8.16. The first-order valence-corrected chi connectivity index (χ1v) is 10.2. The molecule has 6 nitrogen and oxygen atoms in total. The number of carbonyl (C=O) groups is 1. The highest BCUT2D eigenvalue weighted by atomic mass is 32.2. The number of rotatable bonds is 4. The van der Waals surface area contributed by atoms with Crippen molar-refractivity contribution < 1.29 is 13.2 Å². The number of hydrogen-bond acceptors (Lipinski definition) is 5. The highest BCUT2D eigenvalue weighted by Gasteiger charge is 2.34. The van der Waals surface area contributed by atoms with E-state index in [0.717, 1.165) is 45.7 Å². The number of sulfone groups is 1. The monoisotopic (exact) mass is 331 g/mol. The summed E-state index contributed by atoms with van der Waals surface area (Å²) in [6.07, 6.45) is 2.32. The van der Waals surface area contributed by atoms with Crippen LogP contribution in [0.25, 0.3) is 0 Å². The molecule has 2 atom stereocenters. The van der Waals surface area contributed by atoms with Crippen molar-refractivity contribution in [3.63, 3.8) is 0 Å². The quantitative estimate of drug-likeness (QED) is 0.720. The summed E-state index contributed by atoms with van der Waals surface area (Å²) in [5.74, 6) is 0.949. The molecule has 0 radical (unpaired) electrons. The van der Waals surface area contributed by atoms with Gasteiger partial charge in [-0.15, -0.1) is 0 Å². The third kappa shape index (κ3) is 4.93. The molecule has 0 aromatic carbocycles.